The Labute approximate surface area is 175 Å². The van der Waals surface area contributed by atoms with Gasteiger partial charge in [-0.05, 0) is 54.0 Å². The van der Waals surface area contributed by atoms with Crippen molar-refractivity contribution >= 4 is 18.0 Å². The van der Waals surface area contributed by atoms with E-state index in [0.717, 1.165) is 11.1 Å². The number of aryl methyl sites for hydroxylation is 1. The lowest BCUT2D eigenvalue weighted by atomic mass is 9.98. The van der Waals surface area contributed by atoms with Gasteiger partial charge in [-0.25, -0.2) is 9.18 Å². The predicted octanol–water partition coefficient (Wildman–Crippen LogP) is 4.92. The van der Waals surface area contributed by atoms with E-state index in [1.54, 1.807) is 36.4 Å². The highest BCUT2D eigenvalue weighted by Gasteiger charge is 2.12. The van der Waals surface area contributed by atoms with Crippen LogP contribution >= 0.6 is 0 Å². The smallest absolute Gasteiger partial charge is 0.330 e. The van der Waals surface area contributed by atoms with Crippen LogP contribution in [0.15, 0.2) is 72.8 Å². The van der Waals surface area contributed by atoms with Crippen molar-refractivity contribution in [1.82, 2.24) is 5.32 Å². The molecule has 30 heavy (non-hydrogen) atoms. The average Bonchev–Trinajstić information content (AvgIpc) is 2.77. The summed E-state index contributed by atoms with van der Waals surface area (Å²) in [5.41, 5.74) is 3.99. The summed E-state index contributed by atoms with van der Waals surface area (Å²) < 4.78 is 18.9. The third-order valence-electron chi connectivity index (χ3n) is 4.59. The molecule has 0 fully saturated rings. The van der Waals surface area contributed by atoms with E-state index in [2.05, 4.69) is 10.1 Å². The second-order valence-electron chi connectivity index (χ2n) is 6.85. The van der Waals surface area contributed by atoms with Gasteiger partial charge in [0, 0.05) is 23.7 Å². The molecule has 0 bridgehead atoms. The van der Waals surface area contributed by atoms with Crippen molar-refractivity contribution in [3.05, 3.63) is 101 Å². The number of halogens is 1. The van der Waals surface area contributed by atoms with Crippen LogP contribution in [0.3, 0.4) is 0 Å². The van der Waals surface area contributed by atoms with Gasteiger partial charge >= 0.3 is 5.97 Å². The highest BCUT2D eigenvalue weighted by atomic mass is 19.1. The van der Waals surface area contributed by atoms with Crippen LogP contribution in [-0.2, 0) is 16.1 Å². The van der Waals surface area contributed by atoms with Gasteiger partial charge in [0.25, 0.3) is 5.91 Å². The number of esters is 1. The average molecular weight is 403 g/mol. The van der Waals surface area contributed by atoms with Gasteiger partial charge in [0.05, 0.1) is 7.11 Å². The summed E-state index contributed by atoms with van der Waals surface area (Å²) >= 11 is 0. The molecule has 3 aromatic carbocycles. The summed E-state index contributed by atoms with van der Waals surface area (Å²) in [7, 11) is 1.28. The highest BCUT2D eigenvalue weighted by molar-refractivity contribution is 5.97. The van der Waals surface area contributed by atoms with Gasteiger partial charge < -0.3 is 10.1 Å². The molecule has 152 valence electrons. The molecule has 0 aliphatic heterocycles. The Hall–Kier alpha value is -3.73. The quantitative estimate of drug-likeness (QED) is 0.470. The van der Waals surface area contributed by atoms with Crippen molar-refractivity contribution in [2.75, 3.05) is 7.11 Å². The minimum Gasteiger partial charge on any atom is -0.466 e. The monoisotopic (exact) mass is 403 g/mol. The molecule has 5 heteroatoms. The van der Waals surface area contributed by atoms with Crippen LogP contribution in [0, 0.1) is 12.7 Å². The second-order valence-corrected chi connectivity index (χ2v) is 6.85. The number of ether oxygens (including phenoxy) is 1. The van der Waals surface area contributed by atoms with Crippen LogP contribution in [0.4, 0.5) is 4.39 Å². The molecule has 0 spiro atoms. The molecule has 1 amide bonds. The van der Waals surface area contributed by atoms with Gasteiger partial charge in [-0.1, -0.05) is 48.0 Å². The number of benzene rings is 3. The van der Waals surface area contributed by atoms with E-state index in [4.69, 9.17) is 0 Å². The van der Waals surface area contributed by atoms with Crippen LogP contribution in [0.5, 0.6) is 0 Å². The first-order valence-corrected chi connectivity index (χ1v) is 9.46. The maximum atomic E-state index is 14.3. The summed E-state index contributed by atoms with van der Waals surface area (Å²) in [6.45, 7) is 2.37. The molecule has 1 N–H and O–H groups in total. The van der Waals surface area contributed by atoms with Crippen molar-refractivity contribution in [3.63, 3.8) is 0 Å². The lowest BCUT2D eigenvalue weighted by molar-refractivity contribution is -0.134. The van der Waals surface area contributed by atoms with Crippen LogP contribution in [0.25, 0.3) is 17.2 Å². The van der Waals surface area contributed by atoms with Gasteiger partial charge in [0.2, 0.25) is 0 Å². The van der Waals surface area contributed by atoms with Crippen LogP contribution in [0.1, 0.15) is 27.0 Å². The molecule has 0 aliphatic carbocycles. The number of hydrogen-bond donors (Lipinski definition) is 1. The molecule has 0 radical (unpaired) electrons. The molecular formula is C25H22FNO3. The van der Waals surface area contributed by atoms with Crippen molar-refractivity contribution in [3.8, 4) is 11.1 Å². The molecule has 4 nitrogen and oxygen atoms in total. The van der Waals surface area contributed by atoms with Crippen LogP contribution in [0.2, 0.25) is 0 Å². The number of carbonyl (C=O) groups excluding carboxylic acids is 2. The molecule has 0 atom stereocenters. The summed E-state index contributed by atoms with van der Waals surface area (Å²) in [5.74, 6) is -1.20. The fourth-order valence-corrected chi connectivity index (χ4v) is 2.95. The third kappa shape index (κ3) is 5.41. The third-order valence-corrected chi connectivity index (χ3v) is 4.59. The Morgan fingerprint density at radius 1 is 1.03 bits per heavy atom. The Balaban J connectivity index is 1.91. The number of nitrogens with one attached hydrogen (secondary N) is 1. The zero-order valence-corrected chi connectivity index (χ0v) is 16.8. The van der Waals surface area contributed by atoms with E-state index in [1.165, 1.54) is 25.3 Å². The number of hydrogen-bond acceptors (Lipinski definition) is 3. The predicted molar refractivity (Wildman–Crippen MR) is 115 cm³/mol. The van der Waals surface area contributed by atoms with Crippen molar-refractivity contribution in [2.24, 2.45) is 0 Å². The summed E-state index contributed by atoms with van der Waals surface area (Å²) in [5, 5.41) is 2.88. The van der Waals surface area contributed by atoms with Crippen molar-refractivity contribution in [1.29, 1.82) is 0 Å². The molecule has 3 rings (SSSR count). The van der Waals surface area contributed by atoms with E-state index in [-0.39, 0.29) is 5.91 Å². The van der Waals surface area contributed by atoms with Gasteiger partial charge in [-0.2, -0.15) is 0 Å². The Morgan fingerprint density at radius 2 is 1.77 bits per heavy atom. The fourth-order valence-electron chi connectivity index (χ4n) is 2.95. The van der Waals surface area contributed by atoms with Crippen molar-refractivity contribution < 1.29 is 18.7 Å². The normalized spacial score (nSPS) is 10.8. The van der Waals surface area contributed by atoms with Gasteiger partial charge in [0.1, 0.15) is 5.82 Å². The number of methoxy groups -OCH3 is 1. The van der Waals surface area contributed by atoms with Gasteiger partial charge in [-0.15, -0.1) is 0 Å². The van der Waals surface area contributed by atoms with Crippen LogP contribution in [-0.4, -0.2) is 19.0 Å². The largest absolute Gasteiger partial charge is 0.466 e. The summed E-state index contributed by atoms with van der Waals surface area (Å²) in [4.78, 5) is 24.2. The van der Waals surface area contributed by atoms with E-state index in [0.29, 0.717) is 28.8 Å². The molecule has 0 saturated carbocycles. The lowest BCUT2D eigenvalue weighted by Crippen LogP contribution is -2.22. The number of carbonyl (C=O) groups is 2. The minimum atomic E-state index is -0.517. The molecule has 3 aromatic rings. The number of amides is 1. The topological polar surface area (TPSA) is 55.4 Å². The van der Waals surface area contributed by atoms with Gasteiger partial charge in [-0.3, -0.25) is 4.79 Å². The molecule has 0 unspecified atom stereocenters. The molecule has 0 heterocycles. The van der Waals surface area contributed by atoms with E-state index >= 15 is 0 Å². The van der Waals surface area contributed by atoms with E-state index in [1.807, 2.05) is 31.2 Å². The molecule has 0 aromatic heterocycles. The summed E-state index contributed by atoms with van der Waals surface area (Å²) in [6, 6.07) is 19.2. The summed E-state index contributed by atoms with van der Waals surface area (Å²) in [6.07, 6.45) is 2.79. The van der Waals surface area contributed by atoms with Gasteiger partial charge in [0.15, 0.2) is 0 Å². The zero-order valence-electron chi connectivity index (χ0n) is 16.8. The first-order chi connectivity index (χ1) is 14.5. The first-order valence-electron chi connectivity index (χ1n) is 9.46. The highest BCUT2D eigenvalue weighted by Crippen LogP contribution is 2.26. The van der Waals surface area contributed by atoms with Crippen molar-refractivity contribution in [2.45, 2.75) is 13.5 Å². The molecular weight excluding hydrogens is 381 g/mol. The number of rotatable bonds is 6. The van der Waals surface area contributed by atoms with E-state index in [9.17, 15) is 14.0 Å². The minimum absolute atomic E-state index is 0.290. The first kappa shape index (κ1) is 21.0. The molecule has 0 aliphatic rings. The zero-order chi connectivity index (χ0) is 21.5. The maximum absolute atomic E-state index is 14.3. The Kier molecular flexibility index (Phi) is 6.75. The fraction of sp³-hybridized carbons (Fsp3) is 0.120. The van der Waals surface area contributed by atoms with Crippen LogP contribution < -0.4 is 5.32 Å². The maximum Gasteiger partial charge on any atom is 0.330 e. The SMILES string of the molecule is COC(=O)/C=C/c1cc(C(=O)NCc2ccc(C)cc2)cc(-c2ccccc2F)c1. The Morgan fingerprint density at radius 3 is 2.47 bits per heavy atom. The standard InChI is InChI=1S/C25H22FNO3/c1-17-7-9-18(10-8-17)16-27-25(29)21-14-19(11-12-24(28)30-2)13-20(15-21)22-5-3-4-6-23(22)26/h3-15H,16H2,1-2H3,(H,27,29)/b12-11+. The lowest BCUT2D eigenvalue weighted by Gasteiger charge is -2.10. The van der Waals surface area contributed by atoms with E-state index < -0.39 is 11.8 Å². The second kappa shape index (κ2) is 9.65. The Bertz CT molecular complexity index is 1090. The molecule has 0 saturated heterocycles.